The van der Waals surface area contributed by atoms with Gasteiger partial charge in [0.15, 0.2) is 5.75 Å². The lowest BCUT2D eigenvalue weighted by molar-refractivity contribution is -0.386. The molecule has 0 fully saturated rings. The molecule has 9 nitrogen and oxygen atoms in total. The number of rotatable bonds is 9. The van der Waals surface area contributed by atoms with Crippen molar-refractivity contribution in [3.8, 4) is 11.5 Å². The summed E-state index contributed by atoms with van der Waals surface area (Å²) in [7, 11) is -2.51. The molecule has 0 aliphatic rings. The first-order chi connectivity index (χ1) is 13.7. The highest BCUT2D eigenvalue weighted by Gasteiger charge is 2.22. The smallest absolute Gasteiger partial charge is 0.315 e. The van der Waals surface area contributed by atoms with Gasteiger partial charge in [-0.25, -0.2) is 4.83 Å². The molecule has 0 radical (unpaired) electrons. The van der Waals surface area contributed by atoms with Crippen molar-refractivity contribution >= 4 is 21.9 Å². The van der Waals surface area contributed by atoms with E-state index in [-0.39, 0.29) is 27.6 Å². The van der Waals surface area contributed by atoms with Gasteiger partial charge < -0.3 is 9.47 Å². The lowest BCUT2D eigenvalue weighted by atomic mass is 10.1. The standard InChI is InChI=1S/C19H23N3O6S/c1-5-8-28-19-17(22(23)24)10-15(11-18(19)27-4)12-20-21-29(25,26)16-7-6-13(2)14(3)9-16/h6-7,9-12,21H,5,8H2,1-4H3/b20-12+. The third kappa shape index (κ3) is 5.44. The highest BCUT2D eigenvalue weighted by Crippen LogP contribution is 2.38. The first kappa shape index (κ1) is 22.2. The van der Waals surface area contributed by atoms with E-state index in [1.807, 2.05) is 20.8 Å². The van der Waals surface area contributed by atoms with Crippen molar-refractivity contribution in [1.29, 1.82) is 0 Å². The molecular formula is C19H23N3O6S. The van der Waals surface area contributed by atoms with Crippen molar-refractivity contribution in [3.63, 3.8) is 0 Å². The van der Waals surface area contributed by atoms with E-state index in [1.165, 1.54) is 25.3 Å². The molecule has 0 saturated carbocycles. The van der Waals surface area contributed by atoms with Crippen LogP contribution < -0.4 is 14.3 Å². The van der Waals surface area contributed by atoms with Crippen LogP contribution in [0.5, 0.6) is 11.5 Å². The van der Waals surface area contributed by atoms with Gasteiger partial charge in [0.05, 0.1) is 29.8 Å². The minimum absolute atomic E-state index is 0.0206. The van der Waals surface area contributed by atoms with Gasteiger partial charge in [-0.1, -0.05) is 13.0 Å². The molecule has 0 unspecified atom stereocenters. The van der Waals surface area contributed by atoms with Crippen LogP contribution in [0.25, 0.3) is 0 Å². The lowest BCUT2D eigenvalue weighted by Crippen LogP contribution is -2.18. The maximum absolute atomic E-state index is 12.4. The number of methoxy groups -OCH3 is 1. The predicted octanol–water partition coefficient (Wildman–Crippen LogP) is 3.32. The molecule has 1 N–H and O–H groups in total. The zero-order valence-electron chi connectivity index (χ0n) is 16.6. The highest BCUT2D eigenvalue weighted by molar-refractivity contribution is 7.89. The number of nitro groups is 1. The molecule has 0 heterocycles. The molecule has 156 valence electrons. The average molecular weight is 421 g/mol. The summed E-state index contributed by atoms with van der Waals surface area (Å²) in [5, 5.41) is 15.1. The minimum Gasteiger partial charge on any atom is -0.493 e. The van der Waals surface area contributed by atoms with Crippen molar-refractivity contribution in [2.75, 3.05) is 13.7 Å². The highest BCUT2D eigenvalue weighted by atomic mass is 32.2. The van der Waals surface area contributed by atoms with E-state index in [2.05, 4.69) is 9.93 Å². The van der Waals surface area contributed by atoms with Crippen molar-refractivity contribution in [3.05, 3.63) is 57.1 Å². The van der Waals surface area contributed by atoms with Gasteiger partial charge in [0, 0.05) is 11.6 Å². The molecule has 0 spiro atoms. The van der Waals surface area contributed by atoms with E-state index in [0.717, 1.165) is 17.3 Å². The van der Waals surface area contributed by atoms with Crippen LogP contribution in [0.15, 0.2) is 40.3 Å². The summed E-state index contributed by atoms with van der Waals surface area (Å²) in [6.45, 7) is 5.86. The Bertz CT molecular complexity index is 1030. The average Bonchev–Trinajstić information content (AvgIpc) is 2.67. The van der Waals surface area contributed by atoms with Crippen molar-refractivity contribution in [2.24, 2.45) is 5.10 Å². The van der Waals surface area contributed by atoms with E-state index in [9.17, 15) is 18.5 Å². The van der Waals surface area contributed by atoms with E-state index in [0.29, 0.717) is 13.0 Å². The molecule has 0 saturated heterocycles. The quantitative estimate of drug-likeness (QED) is 0.377. The number of sulfonamides is 1. The molecule has 10 heteroatoms. The fraction of sp³-hybridized carbons (Fsp3) is 0.316. The van der Waals surface area contributed by atoms with Crippen molar-refractivity contribution in [2.45, 2.75) is 32.1 Å². The van der Waals surface area contributed by atoms with E-state index in [4.69, 9.17) is 9.47 Å². The molecule has 0 aromatic heterocycles. The molecule has 2 aromatic carbocycles. The van der Waals surface area contributed by atoms with Gasteiger partial charge in [-0.2, -0.15) is 13.5 Å². The van der Waals surface area contributed by atoms with Gasteiger partial charge in [-0.3, -0.25) is 10.1 Å². The molecule has 29 heavy (non-hydrogen) atoms. The Labute approximate surface area is 169 Å². The number of nitrogens with one attached hydrogen (secondary N) is 1. The number of aryl methyl sites for hydroxylation is 2. The molecule has 2 aromatic rings. The monoisotopic (exact) mass is 421 g/mol. The van der Waals surface area contributed by atoms with Crippen LogP contribution in [0.3, 0.4) is 0 Å². The van der Waals surface area contributed by atoms with Gasteiger partial charge in [0.2, 0.25) is 5.75 Å². The number of hydrogen-bond acceptors (Lipinski definition) is 7. The third-order valence-corrected chi connectivity index (χ3v) is 5.32. The van der Waals surface area contributed by atoms with Crippen LogP contribution in [0.1, 0.15) is 30.0 Å². The number of ether oxygens (including phenoxy) is 2. The summed E-state index contributed by atoms with van der Waals surface area (Å²) < 4.78 is 35.4. The number of hydrazone groups is 1. The van der Waals surface area contributed by atoms with Crippen LogP contribution >= 0.6 is 0 Å². The normalized spacial score (nSPS) is 11.4. The first-order valence-corrected chi connectivity index (χ1v) is 10.3. The number of hydrogen-bond donors (Lipinski definition) is 1. The van der Waals surface area contributed by atoms with Gasteiger partial charge in [-0.05, 0) is 49.6 Å². The second kappa shape index (κ2) is 9.37. The summed E-state index contributed by atoms with van der Waals surface area (Å²) in [5.74, 6) is 0.179. The minimum atomic E-state index is -3.87. The third-order valence-electron chi connectivity index (χ3n) is 4.10. The van der Waals surface area contributed by atoms with E-state index in [1.54, 1.807) is 12.1 Å². The van der Waals surface area contributed by atoms with Crippen LogP contribution in [-0.2, 0) is 10.0 Å². The Kier molecular flexibility index (Phi) is 7.16. The first-order valence-electron chi connectivity index (χ1n) is 8.81. The fourth-order valence-corrected chi connectivity index (χ4v) is 3.30. The van der Waals surface area contributed by atoms with Crippen molar-refractivity contribution < 1.29 is 22.8 Å². The topological polar surface area (TPSA) is 120 Å². The Morgan fingerprint density at radius 1 is 1.21 bits per heavy atom. The van der Waals surface area contributed by atoms with Gasteiger partial charge >= 0.3 is 5.69 Å². The number of nitro benzene ring substituents is 1. The molecule has 0 amide bonds. The summed E-state index contributed by atoms with van der Waals surface area (Å²) in [6, 6.07) is 7.44. The molecule has 0 bridgehead atoms. The van der Waals surface area contributed by atoms with Gasteiger partial charge in [-0.15, -0.1) is 0 Å². The Balaban J connectivity index is 2.30. The number of nitrogens with zero attached hydrogens (tertiary/aromatic N) is 2. The van der Waals surface area contributed by atoms with Crippen LogP contribution in [0, 0.1) is 24.0 Å². The second-order valence-electron chi connectivity index (χ2n) is 6.28. The zero-order valence-corrected chi connectivity index (χ0v) is 17.4. The van der Waals surface area contributed by atoms with E-state index >= 15 is 0 Å². The lowest BCUT2D eigenvalue weighted by Gasteiger charge is -2.11. The zero-order chi connectivity index (χ0) is 21.6. The second-order valence-corrected chi connectivity index (χ2v) is 7.94. The predicted molar refractivity (Wildman–Crippen MR) is 109 cm³/mol. The largest absolute Gasteiger partial charge is 0.493 e. The van der Waals surface area contributed by atoms with Gasteiger partial charge in [0.1, 0.15) is 0 Å². The summed E-state index contributed by atoms with van der Waals surface area (Å²) >= 11 is 0. The summed E-state index contributed by atoms with van der Waals surface area (Å²) in [4.78, 5) is 13.0. The molecule has 0 aliphatic carbocycles. The summed E-state index contributed by atoms with van der Waals surface area (Å²) in [5.41, 5.74) is 1.79. The molecule has 2 rings (SSSR count). The fourth-order valence-electron chi connectivity index (χ4n) is 2.42. The molecule has 0 aliphatic heterocycles. The van der Waals surface area contributed by atoms with Gasteiger partial charge in [0.25, 0.3) is 10.0 Å². The van der Waals surface area contributed by atoms with Crippen molar-refractivity contribution in [1.82, 2.24) is 4.83 Å². The summed E-state index contributed by atoms with van der Waals surface area (Å²) in [6.07, 6.45) is 1.83. The van der Waals surface area contributed by atoms with Crippen LogP contribution in [0.2, 0.25) is 0 Å². The maximum atomic E-state index is 12.4. The SMILES string of the molecule is CCCOc1c(OC)cc(/C=N/NS(=O)(=O)c2ccc(C)c(C)c2)cc1[N+](=O)[O-]. The Hall–Kier alpha value is -3.14. The Morgan fingerprint density at radius 2 is 1.93 bits per heavy atom. The molecule has 0 atom stereocenters. The van der Waals surface area contributed by atoms with E-state index < -0.39 is 14.9 Å². The number of benzene rings is 2. The molecular weight excluding hydrogens is 398 g/mol. The Morgan fingerprint density at radius 3 is 2.52 bits per heavy atom. The maximum Gasteiger partial charge on any atom is 0.315 e. The van der Waals surface area contributed by atoms with Crippen LogP contribution in [0.4, 0.5) is 5.69 Å². The van der Waals surface area contributed by atoms with Crippen LogP contribution in [-0.4, -0.2) is 33.3 Å².